The van der Waals surface area contributed by atoms with E-state index in [1.807, 2.05) is 0 Å². The van der Waals surface area contributed by atoms with Crippen LogP contribution in [0, 0.1) is 0 Å². The van der Waals surface area contributed by atoms with Crippen molar-refractivity contribution in [2.24, 2.45) is 0 Å². The first kappa shape index (κ1) is 12.7. The molecular formula is C13H20N4O. The van der Waals surface area contributed by atoms with E-state index in [1.165, 1.54) is 24.2 Å². The van der Waals surface area contributed by atoms with Crippen molar-refractivity contribution in [1.82, 2.24) is 10.3 Å². The minimum absolute atomic E-state index is 0.111. The number of urea groups is 1. The first-order chi connectivity index (χ1) is 8.66. The summed E-state index contributed by atoms with van der Waals surface area (Å²) in [5.41, 5.74) is 6.29. The van der Waals surface area contributed by atoms with Gasteiger partial charge in [-0.3, -0.25) is 4.90 Å². The molecule has 5 heteroatoms. The number of carbonyl (C=O) groups excluding carboxylic acids is 1. The molecule has 1 heterocycles. The summed E-state index contributed by atoms with van der Waals surface area (Å²) in [7, 11) is 1.71. The molecule has 0 aliphatic heterocycles. The molecule has 0 bridgehead atoms. The van der Waals surface area contributed by atoms with Crippen molar-refractivity contribution in [1.29, 1.82) is 0 Å². The molecule has 2 amide bonds. The third kappa shape index (κ3) is 3.12. The monoisotopic (exact) mass is 248 g/mol. The van der Waals surface area contributed by atoms with E-state index >= 15 is 0 Å². The fourth-order valence-corrected chi connectivity index (χ4v) is 2.24. The van der Waals surface area contributed by atoms with Crippen LogP contribution in [0.1, 0.15) is 32.1 Å². The van der Waals surface area contributed by atoms with Gasteiger partial charge in [-0.1, -0.05) is 19.3 Å². The van der Waals surface area contributed by atoms with Gasteiger partial charge in [0.25, 0.3) is 0 Å². The van der Waals surface area contributed by atoms with Crippen LogP contribution in [0.25, 0.3) is 0 Å². The maximum absolute atomic E-state index is 12.1. The fourth-order valence-electron chi connectivity index (χ4n) is 2.24. The third-order valence-electron chi connectivity index (χ3n) is 3.35. The smallest absolute Gasteiger partial charge is 0.323 e. The van der Waals surface area contributed by atoms with Crippen LogP contribution in [0.15, 0.2) is 18.3 Å². The first-order valence-corrected chi connectivity index (χ1v) is 6.42. The Morgan fingerprint density at radius 2 is 2.17 bits per heavy atom. The van der Waals surface area contributed by atoms with Gasteiger partial charge in [0.05, 0.1) is 0 Å². The summed E-state index contributed by atoms with van der Waals surface area (Å²) in [4.78, 5) is 17.7. The summed E-state index contributed by atoms with van der Waals surface area (Å²) in [5, 5.41) is 3.04. The minimum Gasteiger partial charge on any atom is -0.399 e. The SMILES string of the molecule is CN(C(=O)NC1CCCCC1)c1cc(N)ccn1. The Labute approximate surface area is 107 Å². The van der Waals surface area contributed by atoms with E-state index < -0.39 is 0 Å². The van der Waals surface area contributed by atoms with E-state index in [1.54, 1.807) is 25.4 Å². The van der Waals surface area contributed by atoms with Gasteiger partial charge >= 0.3 is 6.03 Å². The normalized spacial score (nSPS) is 16.3. The molecular weight excluding hydrogens is 228 g/mol. The number of hydrogen-bond acceptors (Lipinski definition) is 3. The van der Waals surface area contributed by atoms with Crippen LogP contribution in [0.2, 0.25) is 0 Å². The van der Waals surface area contributed by atoms with E-state index in [2.05, 4.69) is 10.3 Å². The van der Waals surface area contributed by atoms with Crippen molar-refractivity contribution < 1.29 is 4.79 Å². The zero-order chi connectivity index (χ0) is 13.0. The van der Waals surface area contributed by atoms with E-state index in [-0.39, 0.29) is 6.03 Å². The number of carbonyl (C=O) groups is 1. The van der Waals surface area contributed by atoms with Gasteiger partial charge in [0, 0.05) is 31.0 Å². The lowest BCUT2D eigenvalue weighted by molar-refractivity contribution is 0.239. The highest BCUT2D eigenvalue weighted by Gasteiger charge is 2.19. The number of rotatable bonds is 2. The second-order valence-electron chi connectivity index (χ2n) is 4.79. The Morgan fingerprint density at radius 1 is 1.44 bits per heavy atom. The molecule has 1 aliphatic rings. The number of pyridine rings is 1. The Balaban J connectivity index is 1.95. The van der Waals surface area contributed by atoms with Crippen LogP contribution < -0.4 is 16.0 Å². The number of hydrogen-bond donors (Lipinski definition) is 2. The van der Waals surface area contributed by atoms with Crippen molar-refractivity contribution in [2.75, 3.05) is 17.7 Å². The predicted octanol–water partition coefficient (Wildman–Crippen LogP) is 2.14. The molecule has 2 rings (SSSR count). The van der Waals surface area contributed by atoms with E-state index in [0.29, 0.717) is 17.5 Å². The maximum atomic E-state index is 12.1. The number of nitrogen functional groups attached to an aromatic ring is 1. The zero-order valence-electron chi connectivity index (χ0n) is 10.7. The number of anilines is 2. The quantitative estimate of drug-likeness (QED) is 0.842. The highest BCUT2D eigenvalue weighted by atomic mass is 16.2. The van der Waals surface area contributed by atoms with Gasteiger partial charge in [0.15, 0.2) is 0 Å². The lowest BCUT2D eigenvalue weighted by Gasteiger charge is -2.25. The molecule has 0 saturated heterocycles. The summed E-state index contributed by atoms with van der Waals surface area (Å²) in [6.45, 7) is 0. The lowest BCUT2D eigenvalue weighted by atomic mass is 9.96. The van der Waals surface area contributed by atoms with Gasteiger partial charge in [0.1, 0.15) is 5.82 Å². The van der Waals surface area contributed by atoms with E-state index in [0.717, 1.165) is 12.8 Å². The zero-order valence-corrected chi connectivity index (χ0v) is 10.7. The number of aromatic nitrogens is 1. The van der Waals surface area contributed by atoms with Crippen LogP contribution >= 0.6 is 0 Å². The van der Waals surface area contributed by atoms with E-state index in [9.17, 15) is 4.79 Å². The Morgan fingerprint density at radius 3 is 2.83 bits per heavy atom. The van der Waals surface area contributed by atoms with Gasteiger partial charge in [-0.25, -0.2) is 9.78 Å². The fraction of sp³-hybridized carbons (Fsp3) is 0.538. The largest absolute Gasteiger partial charge is 0.399 e. The number of nitrogens with zero attached hydrogens (tertiary/aromatic N) is 2. The molecule has 0 spiro atoms. The first-order valence-electron chi connectivity index (χ1n) is 6.42. The highest BCUT2D eigenvalue weighted by molar-refractivity contribution is 5.90. The number of amides is 2. The third-order valence-corrected chi connectivity index (χ3v) is 3.35. The summed E-state index contributed by atoms with van der Waals surface area (Å²) >= 11 is 0. The van der Waals surface area contributed by atoms with Crippen molar-refractivity contribution in [2.45, 2.75) is 38.1 Å². The number of nitrogens with one attached hydrogen (secondary N) is 1. The van der Waals surface area contributed by atoms with Crippen molar-refractivity contribution >= 4 is 17.5 Å². The van der Waals surface area contributed by atoms with Crippen LogP contribution in [0.4, 0.5) is 16.3 Å². The predicted molar refractivity (Wildman–Crippen MR) is 72.5 cm³/mol. The molecule has 3 N–H and O–H groups in total. The summed E-state index contributed by atoms with van der Waals surface area (Å²) < 4.78 is 0. The second kappa shape index (κ2) is 5.71. The van der Waals surface area contributed by atoms with Gasteiger partial charge in [-0.15, -0.1) is 0 Å². The van der Waals surface area contributed by atoms with Gasteiger partial charge < -0.3 is 11.1 Å². The van der Waals surface area contributed by atoms with Gasteiger partial charge in [-0.05, 0) is 18.9 Å². The molecule has 1 aliphatic carbocycles. The molecule has 1 aromatic rings. The maximum Gasteiger partial charge on any atom is 0.323 e. The summed E-state index contributed by atoms with van der Waals surface area (Å²) in [6, 6.07) is 3.59. The molecule has 98 valence electrons. The lowest BCUT2D eigenvalue weighted by Crippen LogP contribution is -2.44. The Hall–Kier alpha value is -1.78. The Kier molecular flexibility index (Phi) is 4.02. The highest BCUT2D eigenvalue weighted by Crippen LogP contribution is 2.18. The summed E-state index contributed by atoms with van der Waals surface area (Å²) in [5.74, 6) is 0.573. The average Bonchev–Trinajstić information content (AvgIpc) is 2.39. The van der Waals surface area contributed by atoms with Gasteiger partial charge in [0.2, 0.25) is 0 Å². The molecule has 0 unspecified atom stereocenters. The van der Waals surface area contributed by atoms with Gasteiger partial charge in [-0.2, -0.15) is 0 Å². The molecule has 5 nitrogen and oxygen atoms in total. The van der Waals surface area contributed by atoms with Crippen molar-refractivity contribution in [3.8, 4) is 0 Å². The molecule has 1 fully saturated rings. The van der Waals surface area contributed by atoms with Crippen LogP contribution in [-0.2, 0) is 0 Å². The van der Waals surface area contributed by atoms with Crippen molar-refractivity contribution in [3.05, 3.63) is 18.3 Å². The topological polar surface area (TPSA) is 71.2 Å². The molecule has 1 aromatic heterocycles. The van der Waals surface area contributed by atoms with Crippen LogP contribution in [0.5, 0.6) is 0 Å². The second-order valence-corrected chi connectivity index (χ2v) is 4.79. The van der Waals surface area contributed by atoms with E-state index in [4.69, 9.17) is 5.73 Å². The Bertz CT molecular complexity index is 415. The molecule has 0 atom stereocenters. The molecule has 0 aromatic carbocycles. The number of nitrogens with two attached hydrogens (primary N) is 1. The van der Waals surface area contributed by atoms with Crippen molar-refractivity contribution in [3.63, 3.8) is 0 Å². The standard InChI is InChI=1S/C13H20N4O/c1-17(12-9-10(14)7-8-15-12)13(18)16-11-5-3-2-4-6-11/h7-9,11H,2-6H2,1H3,(H2,14,15)(H,16,18). The minimum atomic E-state index is -0.111. The molecule has 1 saturated carbocycles. The van der Waals surface area contributed by atoms with Crippen LogP contribution in [-0.4, -0.2) is 24.1 Å². The average molecular weight is 248 g/mol. The molecule has 0 radical (unpaired) electrons. The summed E-state index contributed by atoms with van der Waals surface area (Å²) in [6.07, 6.45) is 7.43. The molecule has 18 heavy (non-hydrogen) atoms. The van der Waals surface area contributed by atoms with Crippen LogP contribution in [0.3, 0.4) is 0 Å².